The zero-order chi connectivity index (χ0) is 16.1. The molecule has 0 N–H and O–H groups in total. The lowest BCUT2D eigenvalue weighted by atomic mass is 10.3. The standard InChI is InChI=1S/C20H20O2Si/c1-21-18-14-9-15-19(20(18)22-2)23(16-10-5-3-6-11-16)17-12-7-4-8-13-17/h3-15,23H,1-2H3. The van der Waals surface area contributed by atoms with Crippen molar-refractivity contribution in [2.75, 3.05) is 14.2 Å². The molecular formula is C20H20O2Si. The maximum atomic E-state index is 5.70. The lowest BCUT2D eigenvalue weighted by molar-refractivity contribution is 0.357. The lowest BCUT2D eigenvalue weighted by Gasteiger charge is -2.21. The molecule has 0 saturated carbocycles. The highest BCUT2D eigenvalue weighted by Gasteiger charge is 2.24. The normalized spacial score (nSPS) is 10.6. The maximum Gasteiger partial charge on any atom is 0.160 e. The zero-order valence-electron chi connectivity index (χ0n) is 13.4. The molecule has 0 aliphatic heterocycles. The number of benzene rings is 3. The molecule has 0 amide bonds. The topological polar surface area (TPSA) is 18.5 Å². The van der Waals surface area contributed by atoms with Gasteiger partial charge in [0.05, 0.1) is 14.2 Å². The van der Waals surface area contributed by atoms with Crippen LogP contribution >= 0.6 is 0 Å². The second-order valence-corrected chi connectivity index (χ2v) is 8.16. The monoisotopic (exact) mass is 320 g/mol. The molecule has 3 aromatic carbocycles. The van der Waals surface area contributed by atoms with Gasteiger partial charge >= 0.3 is 0 Å². The van der Waals surface area contributed by atoms with Crippen molar-refractivity contribution in [1.29, 1.82) is 0 Å². The van der Waals surface area contributed by atoms with Crippen LogP contribution in [0.25, 0.3) is 0 Å². The molecule has 116 valence electrons. The molecule has 3 aromatic rings. The maximum absolute atomic E-state index is 5.70. The molecule has 23 heavy (non-hydrogen) atoms. The van der Waals surface area contributed by atoms with Gasteiger partial charge in [0, 0.05) is 0 Å². The zero-order valence-corrected chi connectivity index (χ0v) is 14.6. The van der Waals surface area contributed by atoms with Crippen molar-refractivity contribution in [3.63, 3.8) is 0 Å². The van der Waals surface area contributed by atoms with Crippen LogP contribution in [0.2, 0.25) is 0 Å². The quantitative estimate of drug-likeness (QED) is 0.528. The molecule has 3 heteroatoms. The van der Waals surface area contributed by atoms with E-state index in [1.165, 1.54) is 15.6 Å². The fourth-order valence-corrected chi connectivity index (χ4v) is 6.13. The lowest BCUT2D eigenvalue weighted by Crippen LogP contribution is -2.52. The Morgan fingerprint density at radius 1 is 0.609 bits per heavy atom. The van der Waals surface area contributed by atoms with E-state index in [0.29, 0.717) is 0 Å². The summed E-state index contributed by atoms with van der Waals surface area (Å²) in [5, 5.41) is 3.97. The Balaban J connectivity index is 2.21. The first kappa shape index (κ1) is 15.4. The summed E-state index contributed by atoms with van der Waals surface area (Å²) in [4.78, 5) is 0. The van der Waals surface area contributed by atoms with Gasteiger partial charge in [-0.25, -0.2) is 0 Å². The van der Waals surface area contributed by atoms with Crippen LogP contribution < -0.4 is 25.0 Å². The first-order valence-corrected chi connectivity index (χ1v) is 9.39. The molecule has 0 spiro atoms. The van der Waals surface area contributed by atoms with Crippen molar-refractivity contribution in [2.45, 2.75) is 0 Å². The summed E-state index contributed by atoms with van der Waals surface area (Å²) in [5.74, 6) is 1.63. The number of methoxy groups -OCH3 is 2. The van der Waals surface area contributed by atoms with Crippen LogP contribution in [0.5, 0.6) is 11.5 Å². The van der Waals surface area contributed by atoms with Gasteiger partial charge in [-0.1, -0.05) is 83.2 Å². The number of para-hydroxylation sites is 1. The molecule has 0 aliphatic carbocycles. The third-order valence-electron chi connectivity index (χ3n) is 4.01. The van der Waals surface area contributed by atoms with E-state index >= 15 is 0 Å². The van der Waals surface area contributed by atoms with Gasteiger partial charge in [-0.05, 0) is 11.3 Å². The fraction of sp³-hybridized carbons (Fsp3) is 0.100. The number of hydrogen-bond acceptors (Lipinski definition) is 2. The predicted molar refractivity (Wildman–Crippen MR) is 98.5 cm³/mol. The minimum absolute atomic E-state index is 0.786. The third-order valence-corrected chi connectivity index (χ3v) is 7.19. The molecule has 3 rings (SSSR count). The molecule has 0 saturated heterocycles. The van der Waals surface area contributed by atoms with Crippen molar-refractivity contribution in [3.8, 4) is 11.5 Å². The predicted octanol–water partition coefficient (Wildman–Crippen LogP) is 1.95. The second-order valence-electron chi connectivity index (χ2n) is 5.34. The van der Waals surface area contributed by atoms with E-state index in [0.717, 1.165) is 11.5 Å². The summed E-state index contributed by atoms with van der Waals surface area (Å²) < 4.78 is 11.2. The van der Waals surface area contributed by atoms with E-state index in [1.54, 1.807) is 14.2 Å². The summed E-state index contributed by atoms with van der Waals surface area (Å²) in [6.07, 6.45) is 0. The van der Waals surface area contributed by atoms with Gasteiger partial charge in [0.2, 0.25) is 0 Å². The average molecular weight is 320 g/mol. The van der Waals surface area contributed by atoms with Crippen molar-refractivity contribution in [1.82, 2.24) is 0 Å². The van der Waals surface area contributed by atoms with Crippen LogP contribution in [0.4, 0.5) is 0 Å². The summed E-state index contributed by atoms with van der Waals surface area (Å²) in [5.41, 5.74) is 0. The highest BCUT2D eigenvalue weighted by Crippen LogP contribution is 2.24. The van der Waals surface area contributed by atoms with Gasteiger partial charge in [-0.15, -0.1) is 0 Å². The van der Waals surface area contributed by atoms with E-state index in [1.807, 2.05) is 12.1 Å². The Labute approximate surface area is 138 Å². The van der Waals surface area contributed by atoms with Crippen LogP contribution in [0.1, 0.15) is 0 Å². The van der Waals surface area contributed by atoms with Gasteiger partial charge in [-0.2, -0.15) is 0 Å². The Bertz CT molecular complexity index is 718. The Morgan fingerprint density at radius 3 is 1.65 bits per heavy atom. The SMILES string of the molecule is COc1cccc([SiH](c2ccccc2)c2ccccc2)c1OC. The molecule has 0 aliphatic rings. The molecular weight excluding hydrogens is 300 g/mol. The summed E-state index contributed by atoms with van der Waals surface area (Å²) in [6.45, 7) is 0. The first-order chi connectivity index (χ1) is 11.3. The van der Waals surface area contributed by atoms with E-state index in [9.17, 15) is 0 Å². The van der Waals surface area contributed by atoms with E-state index in [2.05, 4.69) is 66.7 Å². The molecule has 0 atom stereocenters. The van der Waals surface area contributed by atoms with Crippen LogP contribution in [0, 0.1) is 0 Å². The number of hydrogen-bond donors (Lipinski definition) is 0. The van der Waals surface area contributed by atoms with Gasteiger partial charge in [-0.3, -0.25) is 0 Å². The van der Waals surface area contributed by atoms with Crippen LogP contribution in [-0.2, 0) is 0 Å². The van der Waals surface area contributed by atoms with Crippen molar-refractivity contribution in [2.24, 2.45) is 0 Å². The summed E-state index contributed by atoms with van der Waals surface area (Å²) >= 11 is 0. The fourth-order valence-electron chi connectivity index (χ4n) is 2.98. The van der Waals surface area contributed by atoms with Gasteiger partial charge < -0.3 is 9.47 Å². The van der Waals surface area contributed by atoms with Gasteiger partial charge in [0.25, 0.3) is 0 Å². The van der Waals surface area contributed by atoms with Gasteiger partial charge in [0.1, 0.15) is 8.80 Å². The van der Waals surface area contributed by atoms with Crippen LogP contribution in [0.3, 0.4) is 0 Å². The number of rotatable bonds is 5. The molecule has 0 aromatic heterocycles. The van der Waals surface area contributed by atoms with Crippen molar-refractivity contribution < 1.29 is 9.47 Å². The van der Waals surface area contributed by atoms with Gasteiger partial charge in [0.15, 0.2) is 11.5 Å². The minimum Gasteiger partial charge on any atom is -0.493 e. The smallest absolute Gasteiger partial charge is 0.160 e. The third kappa shape index (κ3) is 3.15. The largest absolute Gasteiger partial charge is 0.493 e. The van der Waals surface area contributed by atoms with Crippen LogP contribution in [-0.4, -0.2) is 23.0 Å². The minimum atomic E-state index is -1.61. The van der Waals surface area contributed by atoms with E-state index < -0.39 is 8.80 Å². The molecule has 0 radical (unpaired) electrons. The molecule has 0 heterocycles. The summed E-state index contributed by atoms with van der Waals surface area (Å²) in [6, 6.07) is 27.5. The first-order valence-electron chi connectivity index (χ1n) is 7.66. The molecule has 0 bridgehead atoms. The molecule has 0 fully saturated rings. The molecule has 2 nitrogen and oxygen atoms in total. The van der Waals surface area contributed by atoms with Crippen molar-refractivity contribution >= 4 is 24.4 Å². The molecule has 0 unspecified atom stereocenters. The Hall–Kier alpha value is -2.52. The second kappa shape index (κ2) is 7.16. The van der Waals surface area contributed by atoms with E-state index in [-0.39, 0.29) is 0 Å². The van der Waals surface area contributed by atoms with Crippen LogP contribution in [0.15, 0.2) is 78.9 Å². The van der Waals surface area contributed by atoms with E-state index in [4.69, 9.17) is 9.47 Å². The average Bonchev–Trinajstić information content (AvgIpc) is 2.63. The highest BCUT2D eigenvalue weighted by molar-refractivity contribution is 6.96. The summed E-state index contributed by atoms with van der Waals surface area (Å²) in [7, 11) is 1.78. The highest BCUT2D eigenvalue weighted by atomic mass is 28.3. The Morgan fingerprint density at radius 2 is 1.17 bits per heavy atom. The number of ether oxygens (including phenoxy) is 2. The Kier molecular flexibility index (Phi) is 4.79. The van der Waals surface area contributed by atoms with Crippen molar-refractivity contribution in [3.05, 3.63) is 78.9 Å².